The standard InChI is InChI=1S/C48H31N7/c1-5-15-32(16-6-1)33-25-27-35(28-26-33)45-49-44(34-17-7-2-8-18-34)50-46(51-45)36-29-30-41-42(31-36)54(38-21-11-4-12-22-38)48-52-47-43(55(41)48)39-23-13-14-24-40(39)53(47)37-19-9-3-10-20-37/h1-31H. The molecule has 0 aliphatic heterocycles. The first-order chi connectivity index (χ1) is 27.3. The Morgan fingerprint density at radius 1 is 0.327 bits per heavy atom. The highest BCUT2D eigenvalue weighted by Crippen LogP contribution is 2.38. The Kier molecular flexibility index (Phi) is 7.03. The molecule has 0 atom stereocenters. The van der Waals surface area contributed by atoms with Crippen LogP contribution in [0, 0.1) is 0 Å². The predicted octanol–water partition coefficient (Wildman–Crippen LogP) is 11.2. The Balaban J connectivity index is 1.14. The molecule has 0 aliphatic rings. The largest absolute Gasteiger partial charge is 0.292 e. The van der Waals surface area contributed by atoms with E-state index in [0.717, 1.165) is 72.5 Å². The van der Waals surface area contributed by atoms with Crippen molar-refractivity contribution in [3.63, 3.8) is 0 Å². The van der Waals surface area contributed by atoms with Crippen LogP contribution in [-0.2, 0) is 0 Å². The van der Waals surface area contributed by atoms with E-state index in [1.165, 1.54) is 5.56 Å². The average molecular weight is 706 g/mol. The van der Waals surface area contributed by atoms with Gasteiger partial charge in [0.1, 0.15) is 5.52 Å². The highest BCUT2D eigenvalue weighted by Gasteiger charge is 2.24. The zero-order chi connectivity index (χ0) is 36.3. The summed E-state index contributed by atoms with van der Waals surface area (Å²) in [6, 6.07) is 64.8. The van der Waals surface area contributed by atoms with Crippen molar-refractivity contribution < 1.29 is 0 Å². The van der Waals surface area contributed by atoms with Crippen LogP contribution in [0.25, 0.3) is 95.5 Å². The third-order valence-corrected chi connectivity index (χ3v) is 10.3. The number of hydrogen-bond acceptors (Lipinski definition) is 4. The Labute approximate surface area is 316 Å². The minimum Gasteiger partial charge on any atom is -0.292 e. The smallest absolute Gasteiger partial charge is 0.222 e. The van der Waals surface area contributed by atoms with E-state index < -0.39 is 0 Å². The third-order valence-electron chi connectivity index (χ3n) is 10.3. The minimum absolute atomic E-state index is 0.599. The number of nitrogens with zero attached hydrogens (tertiary/aromatic N) is 7. The molecule has 0 saturated carbocycles. The van der Waals surface area contributed by atoms with Gasteiger partial charge in [0.15, 0.2) is 23.1 Å². The van der Waals surface area contributed by atoms with Crippen molar-refractivity contribution in [1.82, 2.24) is 33.5 Å². The van der Waals surface area contributed by atoms with Gasteiger partial charge in [-0.25, -0.2) is 15.0 Å². The molecule has 0 unspecified atom stereocenters. The van der Waals surface area contributed by atoms with Gasteiger partial charge in [0.05, 0.1) is 16.6 Å². The summed E-state index contributed by atoms with van der Waals surface area (Å²) in [5, 5.41) is 1.14. The van der Waals surface area contributed by atoms with Crippen molar-refractivity contribution in [1.29, 1.82) is 0 Å². The van der Waals surface area contributed by atoms with Crippen LogP contribution >= 0.6 is 0 Å². The number of imidazole rings is 2. The lowest BCUT2D eigenvalue weighted by Gasteiger charge is -2.10. The topological polar surface area (TPSA) is 65.8 Å². The Morgan fingerprint density at radius 3 is 1.45 bits per heavy atom. The molecule has 4 heterocycles. The average Bonchev–Trinajstić information content (AvgIpc) is 3.90. The first-order valence-corrected chi connectivity index (χ1v) is 18.3. The van der Waals surface area contributed by atoms with E-state index in [1.807, 2.05) is 48.5 Å². The lowest BCUT2D eigenvalue weighted by Crippen LogP contribution is -2.00. The van der Waals surface area contributed by atoms with Crippen LogP contribution in [-0.4, -0.2) is 33.5 Å². The lowest BCUT2D eigenvalue weighted by atomic mass is 10.0. The number of rotatable bonds is 6. The molecule has 0 N–H and O–H groups in total. The molecule has 0 amide bonds. The molecule has 0 fully saturated rings. The van der Waals surface area contributed by atoms with Crippen molar-refractivity contribution in [3.8, 4) is 56.7 Å². The van der Waals surface area contributed by atoms with Crippen LogP contribution in [0.4, 0.5) is 0 Å². The van der Waals surface area contributed by atoms with Gasteiger partial charge in [0, 0.05) is 33.5 Å². The molecule has 0 aliphatic carbocycles. The molecule has 7 heteroatoms. The van der Waals surface area contributed by atoms with Crippen molar-refractivity contribution >= 4 is 38.9 Å². The Hall–Kier alpha value is -7.64. The maximum atomic E-state index is 5.43. The van der Waals surface area contributed by atoms with Crippen molar-refractivity contribution in [2.45, 2.75) is 0 Å². The zero-order valence-corrected chi connectivity index (χ0v) is 29.5. The molecule has 258 valence electrons. The molecule has 0 spiro atoms. The summed E-state index contributed by atoms with van der Waals surface area (Å²) < 4.78 is 6.80. The molecule has 11 rings (SSSR count). The van der Waals surface area contributed by atoms with E-state index in [2.05, 4.69) is 153 Å². The van der Waals surface area contributed by atoms with E-state index in [0.29, 0.717) is 17.5 Å². The van der Waals surface area contributed by atoms with Crippen LogP contribution in [0.1, 0.15) is 0 Å². The fraction of sp³-hybridized carbons (Fsp3) is 0. The third kappa shape index (κ3) is 5.05. The molecular formula is C48H31N7. The first-order valence-electron chi connectivity index (χ1n) is 18.3. The van der Waals surface area contributed by atoms with Crippen molar-refractivity contribution in [2.75, 3.05) is 0 Å². The first kappa shape index (κ1) is 30.9. The van der Waals surface area contributed by atoms with E-state index in [4.69, 9.17) is 19.9 Å². The second-order valence-corrected chi connectivity index (χ2v) is 13.6. The van der Waals surface area contributed by atoms with Gasteiger partial charge >= 0.3 is 0 Å². The van der Waals surface area contributed by atoms with Gasteiger partial charge in [-0.2, -0.15) is 4.98 Å². The summed E-state index contributed by atoms with van der Waals surface area (Å²) in [5.74, 6) is 2.67. The van der Waals surface area contributed by atoms with Crippen molar-refractivity contribution in [2.24, 2.45) is 0 Å². The summed E-state index contributed by atoms with van der Waals surface area (Å²) in [6.07, 6.45) is 0. The van der Waals surface area contributed by atoms with Crippen LogP contribution in [0.15, 0.2) is 188 Å². The number of hydrogen-bond donors (Lipinski definition) is 0. The predicted molar refractivity (Wildman–Crippen MR) is 221 cm³/mol. The van der Waals surface area contributed by atoms with Crippen LogP contribution < -0.4 is 0 Å². The summed E-state index contributed by atoms with van der Waals surface area (Å²) >= 11 is 0. The van der Waals surface area contributed by atoms with Crippen molar-refractivity contribution in [3.05, 3.63) is 188 Å². The summed E-state index contributed by atoms with van der Waals surface area (Å²) in [7, 11) is 0. The SMILES string of the molecule is c1ccc(-c2ccc(-c3nc(-c4ccccc4)nc(-c4ccc5c(c4)n(-c4ccccc4)c4nc6c(c7ccccc7n6-c6ccccc6)n54)n3)cc2)cc1. The lowest BCUT2D eigenvalue weighted by molar-refractivity contribution is 1.07. The Morgan fingerprint density at radius 2 is 0.800 bits per heavy atom. The van der Waals surface area contributed by atoms with Gasteiger partial charge in [-0.15, -0.1) is 0 Å². The van der Waals surface area contributed by atoms with Gasteiger partial charge in [-0.05, 0) is 59.7 Å². The van der Waals surface area contributed by atoms with Crippen LogP contribution in [0.2, 0.25) is 0 Å². The molecule has 0 saturated heterocycles. The molecule has 7 aromatic carbocycles. The molecular weight excluding hydrogens is 675 g/mol. The highest BCUT2D eigenvalue weighted by atomic mass is 15.2. The molecule has 0 bridgehead atoms. The summed E-state index contributed by atoms with van der Waals surface area (Å²) in [4.78, 5) is 20.6. The minimum atomic E-state index is 0.599. The van der Waals surface area contributed by atoms with Gasteiger partial charge in [-0.1, -0.05) is 140 Å². The maximum absolute atomic E-state index is 5.43. The molecule has 11 aromatic rings. The quantitative estimate of drug-likeness (QED) is 0.173. The van der Waals surface area contributed by atoms with Crippen LogP contribution in [0.3, 0.4) is 0 Å². The maximum Gasteiger partial charge on any atom is 0.222 e. The van der Waals surface area contributed by atoms with Gasteiger partial charge in [0.2, 0.25) is 5.78 Å². The molecule has 7 nitrogen and oxygen atoms in total. The fourth-order valence-electron chi connectivity index (χ4n) is 7.76. The Bertz CT molecular complexity index is 3160. The highest BCUT2D eigenvalue weighted by molar-refractivity contribution is 6.09. The summed E-state index contributed by atoms with van der Waals surface area (Å²) in [5.41, 5.74) is 12.2. The fourth-order valence-corrected chi connectivity index (χ4v) is 7.76. The zero-order valence-electron chi connectivity index (χ0n) is 29.5. The molecule has 4 aromatic heterocycles. The second-order valence-electron chi connectivity index (χ2n) is 13.6. The van der Waals surface area contributed by atoms with Gasteiger partial charge < -0.3 is 0 Å². The van der Waals surface area contributed by atoms with E-state index in [9.17, 15) is 0 Å². The van der Waals surface area contributed by atoms with Gasteiger partial charge in [-0.3, -0.25) is 13.5 Å². The van der Waals surface area contributed by atoms with E-state index in [1.54, 1.807) is 0 Å². The molecule has 55 heavy (non-hydrogen) atoms. The number of benzene rings is 7. The number of aromatic nitrogens is 7. The van der Waals surface area contributed by atoms with Crippen LogP contribution in [0.5, 0.6) is 0 Å². The monoisotopic (exact) mass is 705 g/mol. The normalized spacial score (nSPS) is 11.6. The summed E-state index contributed by atoms with van der Waals surface area (Å²) in [6.45, 7) is 0. The number of fused-ring (bicyclic) bond motifs is 7. The molecule has 0 radical (unpaired) electrons. The number of para-hydroxylation sites is 3. The second kappa shape index (κ2) is 12.5. The van der Waals surface area contributed by atoms with E-state index >= 15 is 0 Å². The van der Waals surface area contributed by atoms with Gasteiger partial charge in [0.25, 0.3) is 0 Å². The van der Waals surface area contributed by atoms with E-state index in [-0.39, 0.29) is 0 Å².